The lowest BCUT2D eigenvalue weighted by atomic mass is 9.94. The Morgan fingerprint density at radius 2 is 1.80 bits per heavy atom. The summed E-state index contributed by atoms with van der Waals surface area (Å²) in [5.41, 5.74) is 1.11. The molecule has 0 N–H and O–H groups in total. The molecule has 0 aliphatic carbocycles. The number of furan rings is 1. The van der Waals surface area contributed by atoms with Gasteiger partial charge in [0.05, 0.1) is 18.3 Å². The van der Waals surface area contributed by atoms with Crippen LogP contribution in [0.2, 0.25) is 0 Å². The van der Waals surface area contributed by atoms with E-state index in [1.54, 1.807) is 17.0 Å². The van der Waals surface area contributed by atoms with Gasteiger partial charge in [0.25, 0.3) is 0 Å². The van der Waals surface area contributed by atoms with Gasteiger partial charge >= 0.3 is 6.03 Å². The molecule has 3 atom stereocenters. The number of Topliss-reactive ketones (excluding diaryl/α,β-unsaturated/α-hetero) is 1. The standard InChI is InChI=1S/C25H34N2O3/c1-4-5-6-7-11-15-21(18-22(28)23-16-12-17-30-23)27-24(19(2)26(3)25(27)29)20-13-9-8-10-14-20/h8-10,12-14,16-17,19,21,24H,4-7,11,15,18H2,1-3H3/t19-,21+,24-/m0/s1. The SMILES string of the molecule is CCCCCCC[C@H](CC(=O)c1ccco1)N1C(=O)N(C)[C@@H](C)[C@H]1c1ccccc1. The van der Waals surface area contributed by atoms with Crippen molar-refractivity contribution in [3.05, 3.63) is 60.1 Å². The van der Waals surface area contributed by atoms with Crippen LogP contribution in [0.15, 0.2) is 53.1 Å². The Morgan fingerprint density at radius 3 is 2.47 bits per heavy atom. The average Bonchev–Trinajstić information content (AvgIpc) is 3.37. The highest BCUT2D eigenvalue weighted by atomic mass is 16.3. The minimum Gasteiger partial charge on any atom is -0.461 e. The van der Waals surface area contributed by atoms with Gasteiger partial charge in [0.2, 0.25) is 0 Å². The van der Waals surface area contributed by atoms with Gasteiger partial charge in [-0.25, -0.2) is 4.79 Å². The molecular weight excluding hydrogens is 376 g/mol. The first-order valence-electron chi connectivity index (χ1n) is 11.2. The fourth-order valence-corrected chi connectivity index (χ4v) is 4.47. The van der Waals surface area contributed by atoms with Crippen molar-refractivity contribution in [3.63, 3.8) is 0 Å². The Balaban J connectivity index is 1.84. The van der Waals surface area contributed by atoms with Gasteiger partial charge in [-0.1, -0.05) is 69.4 Å². The summed E-state index contributed by atoms with van der Waals surface area (Å²) in [7, 11) is 1.86. The van der Waals surface area contributed by atoms with E-state index in [4.69, 9.17) is 4.42 Å². The summed E-state index contributed by atoms with van der Waals surface area (Å²) in [6, 6.07) is 13.4. The van der Waals surface area contributed by atoms with Gasteiger partial charge in [0.15, 0.2) is 11.5 Å². The molecule has 0 spiro atoms. The Kier molecular flexibility index (Phi) is 7.72. The van der Waals surface area contributed by atoms with E-state index in [0.717, 1.165) is 24.8 Å². The predicted octanol–water partition coefficient (Wildman–Crippen LogP) is 6.08. The van der Waals surface area contributed by atoms with Crippen LogP contribution in [-0.2, 0) is 0 Å². The van der Waals surface area contributed by atoms with Crippen LogP contribution in [0, 0.1) is 0 Å². The number of likely N-dealkylation sites (N-methyl/N-ethyl adjacent to an activating group) is 1. The quantitative estimate of drug-likeness (QED) is 0.333. The third kappa shape index (κ3) is 4.94. The largest absolute Gasteiger partial charge is 0.461 e. The maximum Gasteiger partial charge on any atom is 0.320 e. The first-order chi connectivity index (χ1) is 14.5. The summed E-state index contributed by atoms with van der Waals surface area (Å²) >= 11 is 0. The molecule has 1 fully saturated rings. The van der Waals surface area contributed by atoms with Gasteiger partial charge < -0.3 is 14.2 Å². The molecule has 1 aliphatic heterocycles. The summed E-state index contributed by atoms with van der Waals surface area (Å²) in [5.74, 6) is 0.329. The van der Waals surface area contributed by atoms with E-state index in [-0.39, 0.29) is 36.4 Å². The number of hydrogen-bond donors (Lipinski definition) is 0. The van der Waals surface area contributed by atoms with Crippen LogP contribution in [0.5, 0.6) is 0 Å². The number of carbonyl (C=O) groups excluding carboxylic acids is 2. The molecule has 5 nitrogen and oxygen atoms in total. The van der Waals surface area contributed by atoms with Crippen LogP contribution in [0.4, 0.5) is 4.79 Å². The zero-order valence-corrected chi connectivity index (χ0v) is 18.4. The number of urea groups is 1. The first-order valence-corrected chi connectivity index (χ1v) is 11.2. The molecule has 2 aromatic rings. The lowest BCUT2D eigenvalue weighted by Crippen LogP contribution is -2.41. The highest BCUT2D eigenvalue weighted by Gasteiger charge is 2.45. The fourth-order valence-electron chi connectivity index (χ4n) is 4.47. The number of ketones is 1. The van der Waals surface area contributed by atoms with Gasteiger partial charge in [0, 0.05) is 19.5 Å². The molecule has 1 aliphatic rings. The molecule has 3 rings (SSSR count). The maximum atomic E-state index is 13.3. The topological polar surface area (TPSA) is 53.8 Å². The predicted molar refractivity (Wildman–Crippen MR) is 118 cm³/mol. The van der Waals surface area contributed by atoms with Crippen molar-refractivity contribution in [1.29, 1.82) is 0 Å². The molecule has 1 aromatic heterocycles. The second-order valence-corrected chi connectivity index (χ2v) is 8.36. The fraction of sp³-hybridized carbons (Fsp3) is 0.520. The normalized spacial score (nSPS) is 20.0. The van der Waals surface area contributed by atoms with Crippen molar-refractivity contribution in [3.8, 4) is 0 Å². The molecule has 1 saturated heterocycles. The Morgan fingerprint density at radius 1 is 1.07 bits per heavy atom. The van der Waals surface area contributed by atoms with Crippen molar-refractivity contribution < 1.29 is 14.0 Å². The van der Waals surface area contributed by atoms with Crippen LogP contribution >= 0.6 is 0 Å². The van der Waals surface area contributed by atoms with Crippen molar-refractivity contribution in [2.45, 2.75) is 76.9 Å². The molecule has 0 saturated carbocycles. The summed E-state index contributed by atoms with van der Waals surface area (Å²) in [5, 5.41) is 0. The molecule has 0 bridgehead atoms. The molecule has 30 heavy (non-hydrogen) atoms. The molecule has 0 radical (unpaired) electrons. The van der Waals surface area contributed by atoms with Gasteiger partial charge in [-0.15, -0.1) is 0 Å². The second kappa shape index (κ2) is 10.5. The van der Waals surface area contributed by atoms with E-state index in [9.17, 15) is 9.59 Å². The van der Waals surface area contributed by atoms with Gasteiger partial charge in [-0.05, 0) is 31.0 Å². The number of unbranched alkanes of at least 4 members (excludes halogenated alkanes) is 4. The second-order valence-electron chi connectivity index (χ2n) is 8.36. The highest BCUT2D eigenvalue weighted by molar-refractivity contribution is 5.94. The van der Waals surface area contributed by atoms with Crippen molar-refractivity contribution in [1.82, 2.24) is 9.80 Å². The molecule has 162 valence electrons. The van der Waals surface area contributed by atoms with Crippen LogP contribution in [-0.4, -0.2) is 40.7 Å². The Labute approximate surface area is 180 Å². The number of amides is 2. The number of rotatable bonds is 11. The number of nitrogens with zero attached hydrogens (tertiary/aromatic N) is 2. The van der Waals surface area contributed by atoms with Crippen molar-refractivity contribution in [2.24, 2.45) is 0 Å². The Bertz CT molecular complexity index is 803. The summed E-state index contributed by atoms with van der Waals surface area (Å²) in [6.07, 6.45) is 8.40. The third-order valence-corrected chi connectivity index (χ3v) is 6.28. The first kappa shape index (κ1) is 22.1. The van der Waals surface area contributed by atoms with Gasteiger partial charge in [-0.2, -0.15) is 0 Å². The zero-order valence-electron chi connectivity index (χ0n) is 18.4. The van der Waals surface area contributed by atoms with Crippen LogP contribution in [0.3, 0.4) is 0 Å². The van der Waals surface area contributed by atoms with Crippen LogP contribution < -0.4 is 0 Å². The molecule has 5 heteroatoms. The molecule has 2 amide bonds. The van der Waals surface area contributed by atoms with Crippen molar-refractivity contribution in [2.75, 3.05) is 7.05 Å². The van der Waals surface area contributed by atoms with E-state index in [1.165, 1.54) is 25.5 Å². The highest BCUT2D eigenvalue weighted by Crippen LogP contribution is 2.38. The molecule has 2 heterocycles. The van der Waals surface area contributed by atoms with Crippen LogP contribution in [0.1, 0.15) is 81.0 Å². The summed E-state index contributed by atoms with van der Waals surface area (Å²) in [4.78, 5) is 29.9. The van der Waals surface area contributed by atoms with Gasteiger partial charge in [0.1, 0.15) is 0 Å². The van der Waals surface area contributed by atoms with E-state index in [1.807, 2.05) is 30.1 Å². The smallest absolute Gasteiger partial charge is 0.320 e. The maximum absolute atomic E-state index is 13.3. The van der Waals surface area contributed by atoms with Crippen LogP contribution in [0.25, 0.3) is 0 Å². The lowest BCUT2D eigenvalue weighted by molar-refractivity contribution is 0.0890. The van der Waals surface area contributed by atoms with E-state index >= 15 is 0 Å². The molecular formula is C25H34N2O3. The zero-order chi connectivity index (χ0) is 21.5. The number of benzene rings is 1. The summed E-state index contributed by atoms with van der Waals surface area (Å²) < 4.78 is 5.33. The van der Waals surface area contributed by atoms with E-state index in [2.05, 4.69) is 26.0 Å². The molecule has 0 unspecified atom stereocenters. The number of carbonyl (C=O) groups is 2. The van der Waals surface area contributed by atoms with Crippen molar-refractivity contribution >= 4 is 11.8 Å². The number of hydrogen-bond acceptors (Lipinski definition) is 3. The Hall–Kier alpha value is -2.56. The van der Waals surface area contributed by atoms with E-state index < -0.39 is 0 Å². The lowest BCUT2D eigenvalue weighted by Gasteiger charge is -2.33. The minimum atomic E-state index is -0.144. The van der Waals surface area contributed by atoms with Gasteiger partial charge in [-0.3, -0.25) is 4.79 Å². The van der Waals surface area contributed by atoms with E-state index in [0.29, 0.717) is 5.76 Å². The minimum absolute atomic E-state index is 0.00200. The third-order valence-electron chi connectivity index (χ3n) is 6.28. The monoisotopic (exact) mass is 410 g/mol. The summed E-state index contributed by atoms with van der Waals surface area (Å²) in [6.45, 7) is 4.29. The average molecular weight is 411 g/mol. The molecule has 1 aromatic carbocycles.